The van der Waals surface area contributed by atoms with Crippen LogP contribution in [-0.4, -0.2) is 25.5 Å². The second-order valence-electron chi connectivity index (χ2n) is 3.71. The van der Waals surface area contributed by atoms with Crippen LogP contribution in [-0.2, 0) is 0 Å². The number of rotatable bonds is 4. The van der Waals surface area contributed by atoms with Crippen molar-refractivity contribution in [3.63, 3.8) is 0 Å². The summed E-state index contributed by atoms with van der Waals surface area (Å²) in [5, 5.41) is 5.96. The smallest absolute Gasteiger partial charge is 0.251 e. The molecule has 1 amide bonds. The van der Waals surface area contributed by atoms with Crippen LogP contribution >= 0.6 is 12.4 Å². The van der Waals surface area contributed by atoms with Gasteiger partial charge in [0.2, 0.25) is 0 Å². The van der Waals surface area contributed by atoms with Crippen LogP contribution in [0, 0.1) is 6.92 Å². The molecule has 0 aromatic heterocycles. The van der Waals surface area contributed by atoms with Gasteiger partial charge >= 0.3 is 0 Å². The SMILES string of the molecule is CNC(C)CNC(=O)c1ccccc1C.Cl. The summed E-state index contributed by atoms with van der Waals surface area (Å²) in [6.45, 7) is 4.61. The number of benzene rings is 1. The molecular formula is C12H19ClN2O. The van der Waals surface area contributed by atoms with E-state index in [-0.39, 0.29) is 24.4 Å². The lowest BCUT2D eigenvalue weighted by atomic mass is 10.1. The van der Waals surface area contributed by atoms with Crippen molar-refractivity contribution in [2.24, 2.45) is 0 Å². The molecule has 0 radical (unpaired) electrons. The van der Waals surface area contributed by atoms with Gasteiger partial charge in [-0.25, -0.2) is 0 Å². The van der Waals surface area contributed by atoms with Crippen molar-refractivity contribution in [2.45, 2.75) is 19.9 Å². The van der Waals surface area contributed by atoms with Gasteiger partial charge in [-0.05, 0) is 32.5 Å². The second kappa shape index (κ2) is 7.25. The number of halogens is 1. The van der Waals surface area contributed by atoms with E-state index >= 15 is 0 Å². The maximum absolute atomic E-state index is 11.7. The van der Waals surface area contributed by atoms with Gasteiger partial charge in [-0.15, -0.1) is 12.4 Å². The summed E-state index contributed by atoms with van der Waals surface area (Å²) in [4.78, 5) is 11.7. The van der Waals surface area contributed by atoms with Gasteiger partial charge in [0.15, 0.2) is 0 Å². The molecule has 0 bridgehead atoms. The molecule has 0 fully saturated rings. The predicted molar refractivity (Wildman–Crippen MR) is 69.3 cm³/mol. The third-order valence-electron chi connectivity index (χ3n) is 2.45. The number of carbonyl (C=O) groups is 1. The topological polar surface area (TPSA) is 41.1 Å². The molecule has 0 aliphatic carbocycles. The normalized spacial score (nSPS) is 11.4. The van der Waals surface area contributed by atoms with Crippen molar-refractivity contribution in [2.75, 3.05) is 13.6 Å². The fourth-order valence-corrected chi connectivity index (χ4v) is 1.27. The van der Waals surface area contributed by atoms with Crippen LogP contribution in [0.2, 0.25) is 0 Å². The van der Waals surface area contributed by atoms with Gasteiger partial charge in [-0.1, -0.05) is 18.2 Å². The van der Waals surface area contributed by atoms with Crippen molar-refractivity contribution >= 4 is 18.3 Å². The Bertz CT molecular complexity index is 342. The van der Waals surface area contributed by atoms with Crippen LogP contribution < -0.4 is 10.6 Å². The van der Waals surface area contributed by atoms with Gasteiger partial charge in [0.1, 0.15) is 0 Å². The van der Waals surface area contributed by atoms with Crippen LogP contribution in [0.1, 0.15) is 22.8 Å². The van der Waals surface area contributed by atoms with Gasteiger partial charge in [-0.3, -0.25) is 4.79 Å². The van der Waals surface area contributed by atoms with Crippen molar-refractivity contribution in [3.05, 3.63) is 35.4 Å². The molecule has 16 heavy (non-hydrogen) atoms. The van der Waals surface area contributed by atoms with E-state index in [4.69, 9.17) is 0 Å². The zero-order chi connectivity index (χ0) is 11.3. The Labute approximate surface area is 103 Å². The third kappa shape index (κ3) is 4.21. The average Bonchev–Trinajstić information content (AvgIpc) is 2.26. The van der Waals surface area contributed by atoms with Crippen molar-refractivity contribution in [1.29, 1.82) is 0 Å². The van der Waals surface area contributed by atoms with Gasteiger partial charge in [0, 0.05) is 18.2 Å². The molecule has 2 N–H and O–H groups in total. The minimum Gasteiger partial charge on any atom is -0.350 e. The van der Waals surface area contributed by atoms with E-state index in [1.54, 1.807) is 0 Å². The molecule has 4 heteroatoms. The molecule has 1 unspecified atom stereocenters. The molecule has 1 aromatic rings. The zero-order valence-corrected chi connectivity index (χ0v) is 10.7. The van der Waals surface area contributed by atoms with Crippen LogP contribution in [0.3, 0.4) is 0 Å². The zero-order valence-electron chi connectivity index (χ0n) is 9.91. The Morgan fingerprint density at radius 1 is 1.38 bits per heavy atom. The third-order valence-corrected chi connectivity index (χ3v) is 2.45. The lowest BCUT2D eigenvalue weighted by Crippen LogP contribution is -2.37. The molecule has 3 nitrogen and oxygen atoms in total. The quantitative estimate of drug-likeness (QED) is 0.845. The highest BCUT2D eigenvalue weighted by Crippen LogP contribution is 2.06. The first kappa shape index (κ1) is 14.9. The number of aryl methyl sites for hydroxylation is 1. The molecule has 1 rings (SSSR count). The minimum absolute atomic E-state index is 0. The molecule has 1 aromatic carbocycles. The Balaban J connectivity index is 0.00000225. The summed E-state index contributed by atoms with van der Waals surface area (Å²) < 4.78 is 0. The number of hydrogen-bond donors (Lipinski definition) is 2. The summed E-state index contributed by atoms with van der Waals surface area (Å²) >= 11 is 0. The maximum Gasteiger partial charge on any atom is 0.251 e. The van der Waals surface area contributed by atoms with Crippen molar-refractivity contribution in [3.8, 4) is 0 Å². The Morgan fingerprint density at radius 2 is 2.00 bits per heavy atom. The number of amides is 1. The average molecular weight is 243 g/mol. The number of nitrogens with one attached hydrogen (secondary N) is 2. The molecule has 0 heterocycles. The van der Waals surface area contributed by atoms with Gasteiger partial charge < -0.3 is 10.6 Å². The number of hydrogen-bond acceptors (Lipinski definition) is 2. The molecular weight excluding hydrogens is 224 g/mol. The van der Waals surface area contributed by atoms with E-state index < -0.39 is 0 Å². The fraction of sp³-hybridized carbons (Fsp3) is 0.417. The molecule has 0 aliphatic heterocycles. The highest BCUT2D eigenvalue weighted by Gasteiger charge is 2.08. The lowest BCUT2D eigenvalue weighted by Gasteiger charge is -2.12. The first-order chi connectivity index (χ1) is 7.15. The first-order valence-electron chi connectivity index (χ1n) is 5.16. The van der Waals surface area contributed by atoms with Crippen molar-refractivity contribution in [1.82, 2.24) is 10.6 Å². The summed E-state index contributed by atoms with van der Waals surface area (Å²) in [5.41, 5.74) is 1.76. The summed E-state index contributed by atoms with van der Waals surface area (Å²) in [7, 11) is 1.88. The summed E-state index contributed by atoms with van der Waals surface area (Å²) in [5.74, 6) is -0.00444. The maximum atomic E-state index is 11.7. The fourth-order valence-electron chi connectivity index (χ4n) is 1.27. The molecule has 0 aliphatic rings. The van der Waals surface area contributed by atoms with Crippen LogP contribution in [0.5, 0.6) is 0 Å². The Kier molecular flexibility index (Phi) is 6.77. The molecule has 90 valence electrons. The predicted octanol–water partition coefficient (Wildman–Crippen LogP) is 1.75. The van der Waals surface area contributed by atoms with Gasteiger partial charge in [-0.2, -0.15) is 0 Å². The first-order valence-corrected chi connectivity index (χ1v) is 5.16. The van der Waals surface area contributed by atoms with Crippen LogP contribution in [0.4, 0.5) is 0 Å². The molecule has 1 atom stereocenters. The van der Waals surface area contributed by atoms with E-state index in [1.165, 1.54) is 0 Å². The molecule has 0 spiro atoms. The van der Waals surface area contributed by atoms with Gasteiger partial charge in [0.25, 0.3) is 5.91 Å². The summed E-state index contributed by atoms with van der Waals surface area (Å²) in [6.07, 6.45) is 0. The second-order valence-corrected chi connectivity index (χ2v) is 3.71. The number of likely N-dealkylation sites (N-methyl/N-ethyl adjacent to an activating group) is 1. The monoisotopic (exact) mass is 242 g/mol. The highest BCUT2D eigenvalue weighted by molar-refractivity contribution is 5.95. The Hall–Kier alpha value is -1.06. The van der Waals surface area contributed by atoms with Gasteiger partial charge in [0.05, 0.1) is 0 Å². The van der Waals surface area contributed by atoms with E-state index in [9.17, 15) is 4.79 Å². The van der Waals surface area contributed by atoms with Crippen LogP contribution in [0.15, 0.2) is 24.3 Å². The van der Waals surface area contributed by atoms with E-state index in [2.05, 4.69) is 10.6 Å². The van der Waals surface area contributed by atoms with E-state index in [0.717, 1.165) is 11.1 Å². The van der Waals surface area contributed by atoms with E-state index in [1.807, 2.05) is 45.2 Å². The standard InChI is InChI=1S/C12H18N2O.ClH/c1-9-6-4-5-7-11(9)12(15)14-8-10(2)13-3;/h4-7,10,13H,8H2,1-3H3,(H,14,15);1H. The lowest BCUT2D eigenvalue weighted by molar-refractivity contribution is 0.0950. The number of carbonyl (C=O) groups excluding carboxylic acids is 1. The minimum atomic E-state index is -0.00444. The molecule has 0 saturated heterocycles. The Morgan fingerprint density at radius 3 is 2.56 bits per heavy atom. The molecule has 0 saturated carbocycles. The van der Waals surface area contributed by atoms with Crippen molar-refractivity contribution < 1.29 is 4.79 Å². The largest absolute Gasteiger partial charge is 0.350 e. The summed E-state index contributed by atoms with van der Waals surface area (Å²) in [6, 6.07) is 7.88. The highest BCUT2D eigenvalue weighted by atomic mass is 35.5. The van der Waals surface area contributed by atoms with E-state index in [0.29, 0.717) is 6.54 Å². The van der Waals surface area contributed by atoms with Crippen LogP contribution in [0.25, 0.3) is 0 Å².